The standard InChI is InChI=1S/C41H51N3O10S/c1-4-12-29(13-9-22-49-23-10-25-51-37(45)5-2)39(47)53-33-20-21-35(31(27-33)28-42-44-41-43-34-14-7-8-15-36(34)55-41)54-40(48)30-16-18-32(19-17-30)50-24-11-26-52-38(46)6-3/h5-8,14-15,20-21,27-30,32H,2-4,9-13,16-19,22-26H2,1H3,(H,43,44)/b42-28+. The van der Waals surface area contributed by atoms with Crippen LogP contribution in [-0.2, 0) is 38.1 Å². The summed E-state index contributed by atoms with van der Waals surface area (Å²) in [6.45, 7) is 10.7. The molecule has 0 spiro atoms. The second kappa shape index (κ2) is 23.8. The summed E-state index contributed by atoms with van der Waals surface area (Å²) in [5, 5.41) is 4.97. The second-order valence-electron chi connectivity index (χ2n) is 12.9. The van der Waals surface area contributed by atoms with Crippen LogP contribution in [0.15, 0.2) is 72.9 Å². The van der Waals surface area contributed by atoms with Gasteiger partial charge in [0.25, 0.3) is 0 Å². The molecule has 0 aliphatic heterocycles. The van der Waals surface area contributed by atoms with Gasteiger partial charge in [0.2, 0.25) is 5.13 Å². The van der Waals surface area contributed by atoms with E-state index in [1.54, 1.807) is 18.2 Å². The predicted octanol–water partition coefficient (Wildman–Crippen LogP) is 7.58. The molecule has 1 aromatic heterocycles. The van der Waals surface area contributed by atoms with E-state index in [1.807, 2.05) is 31.2 Å². The number of hydrogen-bond acceptors (Lipinski definition) is 14. The topological polar surface area (TPSA) is 161 Å². The average Bonchev–Trinajstić information content (AvgIpc) is 3.62. The number of rotatable bonds is 24. The number of fused-ring (bicyclic) bond motifs is 1. The van der Waals surface area contributed by atoms with E-state index in [1.165, 1.54) is 17.6 Å². The van der Waals surface area contributed by atoms with Gasteiger partial charge in [0.15, 0.2) is 0 Å². The maximum Gasteiger partial charge on any atom is 0.330 e. The van der Waals surface area contributed by atoms with E-state index < -0.39 is 11.9 Å². The molecule has 1 aliphatic rings. The van der Waals surface area contributed by atoms with E-state index in [9.17, 15) is 19.2 Å². The van der Waals surface area contributed by atoms with Crippen LogP contribution in [0.4, 0.5) is 5.13 Å². The Labute approximate surface area is 326 Å². The summed E-state index contributed by atoms with van der Waals surface area (Å²) < 4.78 is 34.3. The molecule has 3 aromatic rings. The number of ether oxygens (including phenoxy) is 6. The number of anilines is 1. The van der Waals surface area contributed by atoms with Gasteiger partial charge >= 0.3 is 23.9 Å². The molecule has 1 atom stereocenters. The summed E-state index contributed by atoms with van der Waals surface area (Å²) in [6.07, 6.45) is 10.3. The fourth-order valence-electron chi connectivity index (χ4n) is 5.91. The molecule has 1 heterocycles. The van der Waals surface area contributed by atoms with Crippen molar-refractivity contribution in [3.8, 4) is 11.5 Å². The number of thiazole rings is 1. The lowest BCUT2D eigenvalue weighted by Crippen LogP contribution is -2.29. The van der Waals surface area contributed by atoms with E-state index in [2.05, 4.69) is 28.7 Å². The Balaban J connectivity index is 1.34. The predicted molar refractivity (Wildman–Crippen MR) is 210 cm³/mol. The highest BCUT2D eigenvalue weighted by Gasteiger charge is 2.29. The van der Waals surface area contributed by atoms with E-state index in [0.29, 0.717) is 94.1 Å². The number of nitrogens with zero attached hydrogens (tertiary/aromatic N) is 2. The van der Waals surface area contributed by atoms with Gasteiger partial charge in [-0.3, -0.25) is 15.0 Å². The van der Waals surface area contributed by atoms with Crippen molar-refractivity contribution in [2.45, 2.75) is 77.2 Å². The van der Waals surface area contributed by atoms with Gasteiger partial charge in [-0.25, -0.2) is 14.6 Å². The van der Waals surface area contributed by atoms with Crippen molar-refractivity contribution < 1.29 is 47.6 Å². The number of hydrogen-bond donors (Lipinski definition) is 1. The maximum atomic E-state index is 13.4. The lowest BCUT2D eigenvalue weighted by molar-refractivity contribution is -0.141. The third kappa shape index (κ3) is 15.0. The van der Waals surface area contributed by atoms with Crippen LogP contribution >= 0.6 is 11.3 Å². The van der Waals surface area contributed by atoms with Crippen LogP contribution in [0.25, 0.3) is 10.2 Å². The summed E-state index contributed by atoms with van der Waals surface area (Å²) in [5.41, 5.74) is 4.25. The number of aromatic nitrogens is 1. The molecule has 4 rings (SSSR count). The number of hydrazone groups is 1. The zero-order valence-electron chi connectivity index (χ0n) is 31.4. The van der Waals surface area contributed by atoms with Gasteiger partial charge in [-0.1, -0.05) is 50.0 Å². The van der Waals surface area contributed by atoms with Crippen molar-refractivity contribution in [1.29, 1.82) is 0 Å². The summed E-state index contributed by atoms with van der Waals surface area (Å²) in [6, 6.07) is 12.6. The molecular formula is C41H51N3O10S. The van der Waals surface area contributed by atoms with Crippen molar-refractivity contribution >= 4 is 56.8 Å². The minimum absolute atomic E-state index is 0.0223. The first-order chi connectivity index (χ1) is 26.8. The summed E-state index contributed by atoms with van der Waals surface area (Å²) in [5.74, 6) is -1.66. The highest BCUT2D eigenvalue weighted by Crippen LogP contribution is 2.31. The molecule has 1 unspecified atom stereocenters. The van der Waals surface area contributed by atoms with E-state index in [-0.39, 0.29) is 48.8 Å². The van der Waals surface area contributed by atoms with Crippen molar-refractivity contribution in [1.82, 2.24) is 4.98 Å². The quantitative estimate of drug-likeness (QED) is 0.0238. The van der Waals surface area contributed by atoms with Gasteiger partial charge in [0, 0.05) is 43.8 Å². The Hall–Kier alpha value is -4.92. The van der Waals surface area contributed by atoms with Gasteiger partial charge in [-0.2, -0.15) is 5.10 Å². The number of carbonyl (C=O) groups excluding carboxylic acids is 4. The zero-order chi connectivity index (χ0) is 39.3. The first-order valence-electron chi connectivity index (χ1n) is 18.8. The molecule has 0 radical (unpaired) electrons. The molecule has 1 aliphatic carbocycles. The van der Waals surface area contributed by atoms with Crippen LogP contribution in [0, 0.1) is 11.8 Å². The molecule has 296 valence electrons. The average molecular weight is 778 g/mol. The molecular weight excluding hydrogens is 727 g/mol. The minimum Gasteiger partial charge on any atom is -0.462 e. The van der Waals surface area contributed by atoms with Crippen LogP contribution in [0.3, 0.4) is 0 Å². The van der Waals surface area contributed by atoms with Crippen molar-refractivity contribution in [2.75, 3.05) is 38.5 Å². The van der Waals surface area contributed by atoms with Gasteiger partial charge in [-0.15, -0.1) is 0 Å². The van der Waals surface area contributed by atoms with Gasteiger partial charge in [0.05, 0.1) is 54.2 Å². The molecule has 55 heavy (non-hydrogen) atoms. The molecule has 0 bridgehead atoms. The second-order valence-corrected chi connectivity index (χ2v) is 14.0. The highest BCUT2D eigenvalue weighted by atomic mass is 32.1. The SMILES string of the molecule is C=CC(=O)OCCCOCCCC(CCC)C(=O)Oc1ccc(OC(=O)C2CCC(OCCCOC(=O)C=C)CC2)c(/C=N/Nc2nc3ccccc3s2)c1. The third-order valence-electron chi connectivity index (χ3n) is 8.78. The molecule has 0 amide bonds. The normalized spacial score (nSPS) is 15.9. The molecule has 13 nitrogen and oxygen atoms in total. The van der Waals surface area contributed by atoms with Crippen LogP contribution < -0.4 is 14.9 Å². The summed E-state index contributed by atoms with van der Waals surface area (Å²) in [7, 11) is 0. The molecule has 1 fully saturated rings. The lowest BCUT2D eigenvalue weighted by Gasteiger charge is -2.27. The maximum absolute atomic E-state index is 13.4. The number of esters is 4. The minimum atomic E-state index is -0.461. The number of benzene rings is 2. The molecule has 14 heteroatoms. The van der Waals surface area contributed by atoms with E-state index in [0.717, 1.165) is 28.8 Å². The van der Waals surface area contributed by atoms with Gasteiger partial charge < -0.3 is 28.4 Å². The Bertz CT molecular complexity index is 1720. The van der Waals surface area contributed by atoms with Gasteiger partial charge in [0.1, 0.15) is 11.5 Å². The van der Waals surface area contributed by atoms with Crippen molar-refractivity contribution in [3.63, 3.8) is 0 Å². The summed E-state index contributed by atoms with van der Waals surface area (Å²) >= 11 is 1.45. The Morgan fingerprint density at radius 2 is 1.60 bits per heavy atom. The highest BCUT2D eigenvalue weighted by molar-refractivity contribution is 7.22. The Morgan fingerprint density at radius 3 is 2.31 bits per heavy atom. The molecule has 1 N–H and O–H groups in total. The number of para-hydroxylation sites is 1. The molecule has 0 saturated heterocycles. The molecule has 1 saturated carbocycles. The van der Waals surface area contributed by atoms with Crippen LogP contribution in [0.5, 0.6) is 11.5 Å². The summed E-state index contributed by atoms with van der Waals surface area (Å²) in [4.78, 5) is 53.6. The Morgan fingerprint density at radius 1 is 0.891 bits per heavy atom. The zero-order valence-corrected chi connectivity index (χ0v) is 32.2. The monoisotopic (exact) mass is 777 g/mol. The fourth-order valence-corrected chi connectivity index (χ4v) is 6.73. The van der Waals surface area contributed by atoms with Crippen molar-refractivity contribution in [2.24, 2.45) is 16.9 Å². The number of nitrogens with one attached hydrogen (secondary N) is 1. The largest absolute Gasteiger partial charge is 0.462 e. The van der Waals surface area contributed by atoms with E-state index >= 15 is 0 Å². The van der Waals surface area contributed by atoms with Crippen molar-refractivity contribution in [3.05, 3.63) is 73.3 Å². The fraction of sp³-hybridized carbons (Fsp3) is 0.463. The third-order valence-corrected chi connectivity index (χ3v) is 9.73. The lowest BCUT2D eigenvalue weighted by atomic mass is 9.87. The van der Waals surface area contributed by atoms with E-state index in [4.69, 9.17) is 28.4 Å². The van der Waals surface area contributed by atoms with Crippen LogP contribution in [0.1, 0.15) is 76.7 Å². The Kier molecular flexibility index (Phi) is 18.5. The number of carbonyl (C=O) groups is 4. The van der Waals surface area contributed by atoms with Crippen LogP contribution in [0.2, 0.25) is 0 Å². The first-order valence-corrected chi connectivity index (χ1v) is 19.6. The van der Waals surface area contributed by atoms with Crippen LogP contribution in [-0.4, -0.2) is 74.2 Å². The molecule has 2 aromatic carbocycles. The smallest absolute Gasteiger partial charge is 0.330 e. The first kappa shape index (κ1) is 42.8. The van der Waals surface area contributed by atoms with Gasteiger partial charge in [-0.05, 0) is 75.3 Å².